The van der Waals surface area contributed by atoms with Crippen molar-refractivity contribution in [1.29, 1.82) is 5.26 Å². The van der Waals surface area contributed by atoms with Gasteiger partial charge in [-0.05, 0) is 55.2 Å². The number of fused-ring (bicyclic) bond motifs is 2. The number of esters is 1. The summed E-state index contributed by atoms with van der Waals surface area (Å²) in [5, 5.41) is 16.8. The van der Waals surface area contributed by atoms with Gasteiger partial charge >= 0.3 is 11.6 Å². The summed E-state index contributed by atoms with van der Waals surface area (Å²) in [4.78, 5) is 31.3. The summed E-state index contributed by atoms with van der Waals surface area (Å²) in [5.41, 5.74) is 2.90. The summed E-state index contributed by atoms with van der Waals surface area (Å²) in [5.74, 6) is 0.177. The molecular weight excluding hydrogens is 530 g/mol. The van der Waals surface area contributed by atoms with E-state index in [0.717, 1.165) is 30.2 Å². The van der Waals surface area contributed by atoms with Gasteiger partial charge in [-0.1, -0.05) is 39.0 Å². The first-order valence-corrected chi connectivity index (χ1v) is 14.6. The number of nitrogens with zero attached hydrogens (tertiary/aromatic N) is 2. The number of para-hydroxylation sites is 1. The number of nitrogens with one attached hydrogen (secondary N) is 1. The molecule has 9 heteroatoms. The number of thiazole rings is 1. The summed E-state index contributed by atoms with van der Waals surface area (Å²) in [6.45, 7) is 8.86. The summed E-state index contributed by atoms with van der Waals surface area (Å²) in [6.07, 6.45) is 4.33. The average molecular weight is 560 g/mol. The fraction of sp³-hybridized carbons (Fsp3) is 0.333. The zero-order valence-corrected chi connectivity index (χ0v) is 23.9. The molecule has 0 unspecified atom stereocenters. The van der Waals surface area contributed by atoms with Gasteiger partial charge in [0.15, 0.2) is 0 Å². The first kappa shape index (κ1) is 26.9. The number of thiophene rings is 1. The second-order valence-corrected chi connectivity index (χ2v) is 12.5. The Morgan fingerprint density at radius 3 is 2.87 bits per heavy atom. The van der Waals surface area contributed by atoms with Crippen molar-refractivity contribution in [3.8, 4) is 17.3 Å². The van der Waals surface area contributed by atoms with Crippen LogP contribution in [0.4, 0.5) is 5.00 Å². The molecule has 1 atom stereocenters. The molecule has 1 aromatic carbocycles. The van der Waals surface area contributed by atoms with Gasteiger partial charge in [-0.2, -0.15) is 5.26 Å². The minimum absolute atomic E-state index is 0.179. The van der Waals surface area contributed by atoms with E-state index in [2.05, 4.69) is 37.1 Å². The number of anilines is 1. The van der Waals surface area contributed by atoms with Crippen molar-refractivity contribution >= 4 is 50.2 Å². The van der Waals surface area contributed by atoms with Crippen molar-refractivity contribution in [1.82, 2.24) is 4.98 Å². The Hall–Kier alpha value is -3.74. The van der Waals surface area contributed by atoms with E-state index in [1.807, 2.05) is 18.2 Å². The van der Waals surface area contributed by atoms with Crippen LogP contribution in [0, 0.1) is 22.7 Å². The number of hydrogen-bond acceptors (Lipinski definition) is 9. The van der Waals surface area contributed by atoms with E-state index in [1.165, 1.54) is 16.2 Å². The normalized spacial score (nSPS) is 15.6. The van der Waals surface area contributed by atoms with Crippen molar-refractivity contribution in [3.05, 3.63) is 73.3 Å². The van der Waals surface area contributed by atoms with Crippen molar-refractivity contribution < 1.29 is 13.9 Å². The zero-order valence-electron chi connectivity index (χ0n) is 22.3. The predicted molar refractivity (Wildman–Crippen MR) is 156 cm³/mol. The van der Waals surface area contributed by atoms with Crippen LogP contribution in [-0.4, -0.2) is 17.6 Å². The van der Waals surface area contributed by atoms with E-state index in [-0.39, 0.29) is 18.0 Å². The molecule has 3 aromatic heterocycles. The minimum atomic E-state index is -0.483. The minimum Gasteiger partial charge on any atom is -0.462 e. The fourth-order valence-corrected chi connectivity index (χ4v) is 6.96. The maximum Gasteiger partial charge on any atom is 0.345 e. The van der Waals surface area contributed by atoms with Crippen LogP contribution < -0.4 is 10.9 Å². The summed E-state index contributed by atoms with van der Waals surface area (Å²) in [6, 6.07) is 11.2. The Labute approximate surface area is 234 Å². The molecule has 0 bridgehead atoms. The highest BCUT2D eigenvalue weighted by molar-refractivity contribution is 7.16. The number of ether oxygens (including phenoxy) is 1. The lowest BCUT2D eigenvalue weighted by atomic mass is 9.72. The van der Waals surface area contributed by atoms with Gasteiger partial charge in [-0.3, -0.25) is 0 Å². The number of carbonyl (C=O) groups is 1. The molecule has 7 nitrogen and oxygen atoms in total. The molecule has 5 rings (SSSR count). The van der Waals surface area contributed by atoms with Crippen LogP contribution in [0.1, 0.15) is 59.9 Å². The molecule has 0 amide bonds. The Kier molecular flexibility index (Phi) is 7.43. The Morgan fingerprint density at radius 1 is 1.33 bits per heavy atom. The van der Waals surface area contributed by atoms with Crippen LogP contribution in [-0.2, 0) is 17.6 Å². The first-order valence-electron chi connectivity index (χ1n) is 12.9. The molecule has 0 spiro atoms. The van der Waals surface area contributed by atoms with Crippen LogP contribution in [0.5, 0.6) is 0 Å². The highest BCUT2D eigenvalue weighted by Crippen LogP contribution is 2.44. The van der Waals surface area contributed by atoms with E-state index in [4.69, 9.17) is 9.15 Å². The van der Waals surface area contributed by atoms with E-state index in [9.17, 15) is 14.9 Å². The Morgan fingerprint density at radius 2 is 2.13 bits per heavy atom. The van der Waals surface area contributed by atoms with Gasteiger partial charge in [-0.15, -0.1) is 22.7 Å². The molecule has 1 aliphatic rings. The molecule has 200 valence electrons. The molecule has 4 aromatic rings. The number of rotatable bonds is 6. The molecule has 0 saturated heterocycles. The number of benzene rings is 1. The van der Waals surface area contributed by atoms with E-state index in [0.29, 0.717) is 43.9 Å². The average Bonchev–Trinajstić information content (AvgIpc) is 3.53. The number of carbonyl (C=O) groups excluding carboxylic acids is 1. The lowest BCUT2D eigenvalue weighted by Crippen LogP contribution is -2.26. The quantitative estimate of drug-likeness (QED) is 0.150. The third-order valence-electron chi connectivity index (χ3n) is 7.09. The second-order valence-electron chi connectivity index (χ2n) is 10.6. The van der Waals surface area contributed by atoms with Crippen molar-refractivity contribution in [3.63, 3.8) is 0 Å². The van der Waals surface area contributed by atoms with Crippen LogP contribution in [0.3, 0.4) is 0 Å². The molecule has 3 heterocycles. The summed E-state index contributed by atoms with van der Waals surface area (Å²) in [7, 11) is 0. The number of allylic oxidation sites excluding steroid dienone is 1. The standard InChI is InChI=1S/C30H29N3O4S2/c1-5-36-29(35)25-20-11-10-19(30(2,3)4)13-24(20)39-27(25)32-15-18(14-31)26-33-22(16-38-26)21-12-17-8-6-7-9-23(17)37-28(21)34/h6-9,12,15-16,19,32H,5,10-11,13H2,1-4H3/b18-15+/t19-/m1/s1. The second kappa shape index (κ2) is 10.8. The fourth-order valence-electron chi connectivity index (χ4n) is 4.89. The maximum absolute atomic E-state index is 13.0. The molecule has 39 heavy (non-hydrogen) atoms. The smallest absolute Gasteiger partial charge is 0.345 e. The third kappa shape index (κ3) is 5.40. The molecule has 0 saturated carbocycles. The molecular formula is C30H29N3O4S2. The molecule has 0 fully saturated rings. The topological polar surface area (TPSA) is 105 Å². The largest absolute Gasteiger partial charge is 0.462 e. The van der Waals surface area contributed by atoms with E-state index >= 15 is 0 Å². The highest BCUT2D eigenvalue weighted by Gasteiger charge is 2.34. The van der Waals surface area contributed by atoms with Gasteiger partial charge in [0.05, 0.1) is 23.4 Å². The van der Waals surface area contributed by atoms with Crippen LogP contribution in [0.2, 0.25) is 0 Å². The Balaban J connectivity index is 1.46. The highest BCUT2D eigenvalue weighted by atomic mass is 32.1. The van der Waals surface area contributed by atoms with Crippen LogP contribution in [0.15, 0.2) is 51.1 Å². The van der Waals surface area contributed by atoms with Gasteiger partial charge in [0, 0.05) is 21.8 Å². The van der Waals surface area contributed by atoms with Gasteiger partial charge < -0.3 is 14.5 Å². The van der Waals surface area contributed by atoms with Gasteiger partial charge in [-0.25, -0.2) is 14.6 Å². The lowest BCUT2D eigenvalue weighted by Gasteiger charge is -2.33. The Bertz CT molecular complexity index is 1680. The van der Waals surface area contributed by atoms with Crippen molar-refractivity contribution in [2.75, 3.05) is 11.9 Å². The number of aromatic nitrogens is 1. The lowest BCUT2D eigenvalue weighted by molar-refractivity contribution is 0.0526. The van der Waals surface area contributed by atoms with Gasteiger partial charge in [0.25, 0.3) is 0 Å². The molecule has 0 radical (unpaired) electrons. The van der Waals surface area contributed by atoms with Crippen molar-refractivity contribution in [2.45, 2.75) is 47.0 Å². The summed E-state index contributed by atoms with van der Waals surface area (Å²) >= 11 is 2.82. The van der Waals surface area contributed by atoms with E-state index in [1.54, 1.807) is 42.0 Å². The van der Waals surface area contributed by atoms with Crippen LogP contribution in [0.25, 0.3) is 27.8 Å². The molecule has 0 aliphatic heterocycles. The maximum atomic E-state index is 13.0. The third-order valence-corrected chi connectivity index (χ3v) is 9.15. The monoisotopic (exact) mass is 559 g/mol. The predicted octanol–water partition coefficient (Wildman–Crippen LogP) is 7.28. The van der Waals surface area contributed by atoms with E-state index < -0.39 is 5.63 Å². The summed E-state index contributed by atoms with van der Waals surface area (Å²) < 4.78 is 10.8. The first-order chi connectivity index (χ1) is 18.7. The molecule has 1 aliphatic carbocycles. The SMILES string of the molecule is CCOC(=O)c1c(N/C=C(\C#N)c2nc(-c3cc4ccccc4oc3=O)cs2)sc2c1CC[C@@H](C(C)(C)C)C2. The van der Waals surface area contributed by atoms with Crippen LogP contribution >= 0.6 is 22.7 Å². The van der Waals surface area contributed by atoms with Gasteiger partial charge in [0.2, 0.25) is 0 Å². The zero-order chi connectivity index (χ0) is 27.7. The number of hydrogen-bond donors (Lipinski definition) is 1. The van der Waals surface area contributed by atoms with Gasteiger partial charge in [0.1, 0.15) is 27.2 Å². The van der Waals surface area contributed by atoms with Crippen molar-refractivity contribution in [2.24, 2.45) is 11.3 Å². The number of nitriles is 1. The molecule has 1 N–H and O–H groups in total.